The van der Waals surface area contributed by atoms with E-state index in [4.69, 9.17) is 0 Å². The maximum Gasteiger partial charge on any atom is 0.126 e. The molecule has 21 heavy (non-hydrogen) atoms. The largest absolute Gasteiger partial charge is 0.317 e. The number of nitrogens with one attached hydrogen (secondary N) is 1. The molecule has 0 unspecified atom stereocenters. The smallest absolute Gasteiger partial charge is 0.126 e. The molecule has 0 saturated carbocycles. The molecule has 2 aromatic rings. The standard InChI is InChI=1S/C17H20FN3/c18-17-4-2-1-3-14(17)12-16-6-5-15(20-21-16)11-13-7-9-19-10-8-13/h1-6,13,19H,7-12H2. The Morgan fingerprint density at radius 1 is 1.00 bits per heavy atom. The summed E-state index contributed by atoms with van der Waals surface area (Å²) in [4.78, 5) is 0. The van der Waals surface area contributed by atoms with Crippen LogP contribution in [-0.2, 0) is 12.8 Å². The number of piperidine rings is 1. The number of aromatic nitrogens is 2. The van der Waals surface area contributed by atoms with E-state index in [9.17, 15) is 4.39 Å². The van der Waals surface area contributed by atoms with Crippen molar-refractivity contribution >= 4 is 0 Å². The first kappa shape index (κ1) is 14.1. The Kier molecular flexibility index (Phi) is 4.55. The highest BCUT2D eigenvalue weighted by atomic mass is 19.1. The third-order valence-electron chi connectivity index (χ3n) is 4.06. The third kappa shape index (κ3) is 3.85. The minimum Gasteiger partial charge on any atom is -0.317 e. The van der Waals surface area contributed by atoms with Crippen LogP contribution >= 0.6 is 0 Å². The van der Waals surface area contributed by atoms with Gasteiger partial charge in [-0.1, -0.05) is 18.2 Å². The minimum atomic E-state index is -0.182. The zero-order valence-corrected chi connectivity index (χ0v) is 12.1. The van der Waals surface area contributed by atoms with Gasteiger partial charge in [-0.25, -0.2) is 4.39 Å². The van der Waals surface area contributed by atoms with Crippen LogP contribution in [0, 0.1) is 11.7 Å². The van der Waals surface area contributed by atoms with E-state index in [1.54, 1.807) is 12.1 Å². The zero-order valence-electron chi connectivity index (χ0n) is 12.1. The van der Waals surface area contributed by atoms with Crippen LogP contribution in [0.4, 0.5) is 4.39 Å². The molecule has 0 bridgehead atoms. The Morgan fingerprint density at radius 3 is 2.43 bits per heavy atom. The van der Waals surface area contributed by atoms with Crippen LogP contribution in [0.2, 0.25) is 0 Å². The van der Waals surface area contributed by atoms with Crippen LogP contribution in [0.25, 0.3) is 0 Å². The maximum atomic E-state index is 13.6. The SMILES string of the molecule is Fc1ccccc1Cc1ccc(CC2CCNCC2)nn1. The fourth-order valence-electron chi connectivity index (χ4n) is 2.81. The van der Waals surface area contributed by atoms with Crippen molar-refractivity contribution in [3.05, 3.63) is 59.2 Å². The lowest BCUT2D eigenvalue weighted by Crippen LogP contribution is -2.28. The Bertz CT molecular complexity index is 577. The summed E-state index contributed by atoms with van der Waals surface area (Å²) in [7, 11) is 0. The van der Waals surface area contributed by atoms with Crippen LogP contribution in [-0.4, -0.2) is 23.3 Å². The molecule has 1 N–H and O–H groups in total. The first-order valence-electron chi connectivity index (χ1n) is 7.57. The molecule has 1 aliphatic heterocycles. The number of nitrogens with zero attached hydrogens (tertiary/aromatic N) is 2. The highest BCUT2D eigenvalue weighted by Crippen LogP contribution is 2.17. The van der Waals surface area contributed by atoms with Crippen LogP contribution < -0.4 is 5.32 Å². The van der Waals surface area contributed by atoms with Gasteiger partial charge in [0.25, 0.3) is 0 Å². The van der Waals surface area contributed by atoms with E-state index >= 15 is 0 Å². The number of hydrogen-bond acceptors (Lipinski definition) is 3. The van der Waals surface area contributed by atoms with E-state index in [0.717, 1.165) is 30.9 Å². The first-order valence-corrected chi connectivity index (χ1v) is 7.57. The molecule has 3 rings (SSSR count). The second-order valence-corrected chi connectivity index (χ2v) is 5.68. The van der Waals surface area contributed by atoms with E-state index in [-0.39, 0.29) is 5.82 Å². The molecule has 0 amide bonds. The molecule has 0 atom stereocenters. The molecule has 3 nitrogen and oxygen atoms in total. The summed E-state index contributed by atoms with van der Waals surface area (Å²) in [5.41, 5.74) is 2.52. The fraction of sp³-hybridized carbons (Fsp3) is 0.412. The van der Waals surface area contributed by atoms with Gasteiger partial charge in [0.2, 0.25) is 0 Å². The van der Waals surface area contributed by atoms with Gasteiger partial charge in [0.05, 0.1) is 11.4 Å². The van der Waals surface area contributed by atoms with Gasteiger partial charge in [0, 0.05) is 6.42 Å². The number of benzene rings is 1. The third-order valence-corrected chi connectivity index (χ3v) is 4.06. The van der Waals surface area contributed by atoms with Gasteiger partial charge in [0.15, 0.2) is 0 Å². The molecular formula is C17H20FN3. The summed E-state index contributed by atoms with van der Waals surface area (Å²) < 4.78 is 13.6. The molecule has 1 aliphatic rings. The van der Waals surface area contributed by atoms with Crippen molar-refractivity contribution in [2.24, 2.45) is 5.92 Å². The predicted octanol–water partition coefficient (Wildman–Crippen LogP) is 2.75. The average molecular weight is 285 g/mol. The van der Waals surface area contributed by atoms with Crippen molar-refractivity contribution in [1.29, 1.82) is 0 Å². The van der Waals surface area contributed by atoms with E-state index in [1.807, 2.05) is 18.2 Å². The molecule has 0 radical (unpaired) electrons. The predicted molar refractivity (Wildman–Crippen MR) is 80.5 cm³/mol. The second-order valence-electron chi connectivity index (χ2n) is 5.68. The Labute approximate surface area is 124 Å². The molecular weight excluding hydrogens is 265 g/mol. The van der Waals surface area contributed by atoms with Crippen molar-refractivity contribution in [1.82, 2.24) is 15.5 Å². The summed E-state index contributed by atoms with van der Waals surface area (Å²) in [6.45, 7) is 2.20. The number of rotatable bonds is 4. The Morgan fingerprint density at radius 2 is 1.71 bits per heavy atom. The van der Waals surface area contributed by atoms with Crippen molar-refractivity contribution in [2.45, 2.75) is 25.7 Å². The molecule has 110 valence electrons. The number of hydrogen-bond donors (Lipinski definition) is 1. The van der Waals surface area contributed by atoms with Gasteiger partial charge < -0.3 is 5.32 Å². The monoisotopic (exact) mass is 285 g/mol. The molecule has 2 heterocycles. The Balaban J connectivity index is 1.62. The lowest BCUT2D eigenvalue weighted by atomic mass is 9.93. The van der Waals surface area contributed by atoms with Gasteiger partial charge in [-0.3, -0.25) is 0 Å². The first-order chi connectivity index (χ1) is 10.3. The highest BCUT2D eigenvalue weighted by molar-refractivity contribution is 5.23. The van der Waals surface area contributed by atoms with Gasteiger partial charge in [-0.2, -0.15) is 10.2 Å². The Hall–Kier alpha value is -1.81. The lowest BCUT2D eigenvalue weighted by molar-refractivity contribution is 0.369. The van der Waals surface area contributed by atoms with Crippen molar-refractivity contribution < 1.29 is 4.39 Å². The van der Waals surface area contributed by atoms with E-state index in [0.29, 0.717) is 17.9 Å². The molecule has 4 heteroatoms. The number of halogens is 1. The van der Waals surface area contributed by atoms with Crippen molar-refractivity contribution in [2.75, 3.05) is 13.1 Å². The van der Waals surface area contributed by atoms with Gasteiger partial charge in [0.1, 0.15) is 5.82 Å². The molecule has 1 aromatic heterocycles. The molecule has 1 fully saturated rings. The van der Waals surface area contributed by atoms with Crippen molar-refractivity contribution in [3.63, 3.8) is 0 Å². The molecule has 0 spiro atoms. The minimum absolute atomic E-state index is 0.182. The van der Waals surface area contributed by atoms with Crippen LogP contribution in [0.1, 0.15) is 29.8 Å². The van der Waals surface area contributed by atoms with Crippen LogP contribution in [0.5, 0.6) is 0 Å². The summed E-state index contributed by atoms with van der Waals surface area (Å²) in [6, 6.07) is 10.8. The van der Waals surface area contributed by atoms with Crippen LogP contribution in [0.15, 0.2) is 36.4 Å². The summed E-state index contributed by atoms with van der Waals surface area (Å²) in [5, 5.41) is 11.9. The maximum absolute atomic E-state index is 13.6. The lowest BCUT2D eigenvalue weighted by Gasteiger charge is -2.21. The fourth-order valence-corrected chi connectivity index (χ4v) is 2.81. The van der Waals surface area contributed by atoms with Gasteiger partial charge in [-0.05, 0) is 62.0 Å². The summed E-state index contributed by atoms with van der Waals surface area (Å²) in [5.74, 6) is 0.524. The molecule has 0 aliphatic carbocycles. The molecule has 1 saturated heterocycles. The normalized spacial score (nSPS) is 16.0. The summed E-state index contributed by atoms with van der Waals surface area (Å²) >= 11 is 0. The summed E-state index contributed by atoms with van der Waals surface area (Å²) in [6.07, 6.45) is 3.90. The second kappa shape index (κ2) is 6.76. The van der Waals surface area contributed by atoms with E-state index in [2.05, 4.69) is 15.5 Å². The van der Waals surface area contributed by atoms with Gasteiger partial charge >= 0.3 is 0 Å². The average Bonchev–Trinajstić information content (AvgIpc) is 2.52. The van der Waals surface area contributed by atoms with E-state index < -0.39 is 0 Å². The quantitative estimate of drug-likeness (QED) is 0.938. The zero-order chi connectivity index (χ0) is 14.5. The highest BCUT2D eigenvalue weighted by Gasteiger charge is 2.14. The van der Waals surface area contributed by atoms with Gasteiger partial charge in [-0.15, -0.1) is 0 Å². The molecule has 1 aromatic carbocycles. The topological polar surface area (TPSA) is 37.8 Å². The van der Waals surface area contributed by atoms with Crippen LogP contribution in [0.3, 0.4) is 0 Å². The van der Waals surface area contributed by atoms with E-state index in [1.165, 1.54) is 18.9 Å². The van der Waals surface area contributed by atoms with Crippen molar-refractivity contribution in [3.8, 4) is 0 Å².